The minimum atomic E-state index is -0.330. The van der Waals surface area contributed by atoms with Gasteiger partial charge in [0.15, 0.2) is 0 Å². The number of halogens is 1. The molecule has 0 bridgehead atoms. The first-order chi connectivity index (χ1) is 7.47. The third-order valence-electron chi connectivity index (χ3n) is 2.74. The molecule has 1 unspecified atom stereocenters. The highest BCUT2D eigenvalue weighted by molar-refractivity contribution is 5.95. The molecular formula is C12H17FN2O. The largest absolute Gasteiger partial charge is 0.338 e. The maximum atomic E-state index is 12.9. The van der Waals surface area contributed by atoms with Gasteiger partial charge in [-0.25, -0.2) is 4.39 Å². The SMILES string of the molecule is Cc1cc(F)ccc1C(=O)N(C)C(C)CN. The first kappa shape index (κ1) is 12.6. The molecule has 0 aliphatic heterocycles. The first-order valence-corrected chi connectivity index (χ1v) is 5.20. The molecule has 1 atom stereocenters. The van der Waals surface area contributed by atoms with Crippen LogP contribution in [0.25, 0.3) is 0 Å². The average Bonchev–Trinajstić information content (AvgIpc) is 2.26. The lowest BCUT2D eigenvalue weighted by atomic mass is 10.1. The number of nitrogens with two attached hydrogens (primary N) is 1. The number of hydrogen-bond acceptors (Lipinski definition) is 2. The van der Waals surface area contributed by atoms with Gasteiger partial charge >= 0.3 is 0 Å². The Morgan fingerprint density at radius 3 is 2.69 bits per heavy atom. The number of carbonyl (C=O) groups excluding carboxylic acids is 1. The van der Waals surface area contributed by atoms with Crippen molar-refractivity contribution < 1.29 is 9.18 Å². The number of aryl methyl sites for hydroxylation is 1. The Morgan fingerprint density at radius 2 is 2.19 bits per heavy atom. The van der Waals surface area contributed by atoms with Crippen molar-refractivity contribution in [1.82, 2.24) is 4.90 Å². The first-order valence-electron chi connectivity index (χ1n) is 5.20. The summed E-state index contributed by atoms with van der Waals surface area (Å²) in [5, 5.41) is 0. The van der Waals surface area contributed by atoms with Crippen LogP contribution in [0.1, 0.15) is 22.8 Å². The summed E-state index contributed by atoms with van der Waals surface area (Å²) in [6.45, 7) is 4.00. The number of amides is 1. The zero-order valence-electron chi connectivity index (χ0n) is 9.83. The van der Waals surface area contributed by atoms with E-state index in [4.69, 9.17) is 5.73 Å². The van der Waals surface area contributed by atoms with Crippen molar-refractivity contribution in [1.29, 1.82) is 0 Å². The van der Waals surface area contributed by atoms with E-state index in [0.29, 0.717) is 17.7 Å². The Bertz CT molecular complexity index is 393. The van der Waals surface area contributed by atoms with Gasteiger partial charge in [0.25, 0.3) is 5.91 Å². The molecule has 16 heavy (non-hydrogen) atoms. The van der Waals surface area contributed by atoms with E-state index in [2.05, 4.69) is 0 Å². The number of nitrogens with zero attached hydrogens (tertiary/aromatic N) is 1. The Kier molecular flexibility index (Phi) is 4.01. The van der Waals surface area contributed by atoms with Crippen LogP contribution in [-0.2, 0) is 0 Å². The van der Waals surface area contributed by atoms with Crippen LogP contribution in [-0.4, -0.2) is 30.4 Å². The molecule has 2 N–H and O–H groups in total. The van der Waals surface area contributed by atoms with Crippen LogP contribution in [0.2, 0.25) is 0 Å². The van der Waals surface area contributed by atoms with Crippen molar-refractivity contribution in [3.8, 4) is 0 Å². The van der Waals surface area contributed by atoms with E-state index in [-0.39, 0.29) is 17.8 Å². The molecule has 0 spiro atoms. The van der Waals surface area contributed by atoms with Gasteiger partial charge in [-0.3, -0.25) is 4.79 Å². The fourth-order valence-corrected chi connectivity index (χ4v) is 1.42. The molecule has 0 saturated heterocycles. The second-order valence-corrected chi connectivity index (χ2v) is 3.96. The maximum absolute atomic E-state index is 12.9. The van der Waals surface area contributed by atoms with E-state index in [1.54, 1.807) is 18.9 Å². The number of rotatable bonds is 3. The van der Waals surface area contributed by atoms with Crippen LogP contribution in [0.4, 0.5) is 4.39 Å². The lowest BCUT2D eigenvalue weighted by Crippen LogP contribution is -2.39. The molecule has 0 aromatic heterocycles. The molecule has 1 aromatic rings. The van der Waals surface area contributed by atoms with Gasteiger partial charge in [-0.05, 0) is 37.6 Å². The summed E-state index contributed by atoms with van der Waals surface area (Å²) < 4.78 is 12.9. The Hall–Kier alpha value is -1.42. The lowest BCUT2D eigenvalue weighted by molar-refractivity contribution is 0.0747. The molecule has 0 aliphatic rings. The standard InChI is InChI=1S/C12H17FN2O/c1-8-6-10(13)4-5-11(8)12(16)15(3)9(2)7-14/h4-6,9H,7,14H2,1-3H3. The van der Waals surface area contributed by atoms with Crippen molar-refractivity contribution in [3.05, 3.63) is 35.1 Å². The van der Waals surface area contributed by atoms with E-state index < -0.39 is 0 Å². The second-order valence-electron chi connectivity index (χ2n) is 3.96. The van der Waals surface area contributed by atoms with Gasteiger partial charge in [-0.1, -0.05) is 0 Å². The Balaban J connectivity index is 2.96. The number of hydrogen-bond donors (Lipinski definition) is 1. The summed E-state index contributed by atoms with van der Waals surface area (Å²) in [4.78, 5) is 13.6. The van der Waals surface area contributed by atoms with E-state index in [0.717, 1.165) is 0 Å². The number of carbonyl (C=O) groups is 1. The molecule has 0 heterocycles. The van der Waals surface area contributed by atoms with Crippen molar-refractivity contribution >= 4 is 5.91 Å². The van der Waals surface area contributed by atoms with Crippen LogP contribution in [0.3, 0.4) is 0 Å². The maximum Gasteiger partial charge on any atom is 0.254 e. The van der Waals surface area contributed by atoms with Gasteiger partial charge in [0.2, 0.25) is 0 Å². The molecule has 0 aliphatic carbocycles. The normalized spacial score (nSPS) is 12.3. The predicted molar refractivity (Wildman–Crippen MR) is 61.7 cm³/mol. The summed E-state index contributed by atoms with van der Waals surface area (Å²) in [6, 6.07) is 4.12. The average molecular weight is 224 g/mol. The summed E-state index contributed by atoms with van der Waals surface area (Å²) >= 11 is 0. The third-order valence-corrected chi connectivity index (χ3v) is 2.74. The second kappa shape index (κ2) is 5.07. The van der Waals surface area contributed by atoms with Gasteiger partial charge in [0, 0.05) is 25.2 Å². The van der Waals surface area contributed by atoms with E-state index in [1.807, 2.05) is 6.92 Å². The van der Waals surface area contributed by atoms with E-state index in [9.17, 15) is 9.18 Å². The van der Waals surface area contributed by atoms with Crippen molar-refractivity contribution in [2.24, 2.45) is 5.73 Å². The molecule has 0 radical (unpaired) electrons. The fourth-order valence-electron chi connectivity index (χ4n) is 1.42. The van der Waals surface area contributed by atoms with Crippen LogP contribution in [0.5, 0.6) is 0 Å². The van der Waals surface area contributed by atoms with Gasteiger partial charge in [-0.15, -0.1) is 0 Å². The van der Waals surface area contributed by atoms with Crippen LogP contribution in [0, 0.1) is 12.7 Å². The van der Waals surface area contributed by atoms with E-state index >= 15 is 0 Å². The zero-order valence-corrected chi connectivity index (χ0v) is 9.83. The molecule has 0 fully saturated rings. The molecule has 0 saturated carbocycles. The highest BCUT2D eigenvalue weighted by Gasteiger charge is 2.18. The zero-order chi connectivity index (χ0) is 12.3. The summed E-state index contributed by atoms with van der Waals surface area (Å²) in [7, 11) is 1.70. The topological polar surface area (TPSA) is 46.3 Å². The van der Waals surface area contributed by atoms with Crippen molar-refractivity contribution in [2.45, 2.75) is 19.9 Å². The van der Waals surface area contributed by atoms with Gasteiger partial charge in [0.1, 0.15) is 5.82 Å². The summed E-state index contributed by atoms with van der Waals surface area (Å²) in [5.41, 5.74) is 6.65. The summed E-state index contributed by atoms with van der Waals surface area (Å²) in [6.07, 6.45) is 0. The van der Waals surface area contributed by atoms with Crippen LogP contribution < -0.4 is 5.73 Å². The third kappa shape index (κ3) is 2.58. The quantitative estimate of drug-likeness (QED) is 0.846. The highest BCUT2D eigenvalue weighted by atomic mass is 19.1. The van der Waals surface area contributed by atoms with E-state index in [1.165, 1.54) is 18.2 Å². The number of benzene rings is 1. The predicted octanol–water partition coefficient (Wildman–Crippen LogP) is 1.55. The molecule has 88 valence electrons. The van der Waals surface area contributed by atoms with Crippen molar-refractivity contribution in [2.75, 3.05) is 13.6 Å². The monoisotopic (exact) mass is 224 g/mol. The van der Waals surface area contributed by atoms with Gasteiger partial charge in [-0.2, -0.15) is 0 Å². The summed E-state index contributed by atoms with van der Waals surface area (Å²) in [5.74, 6) is -0.459. The molecular weight excluding hydrogens is 207 g/mol. The molecule has 1 amide bonds. The molecule has 1 aromatic carbocycles. The highest BCUT2D eigenvalue weighted by Crippen LogP contribution is 2.13. The van der Waals surface area contributed by atoms with Crippen LogP contribution >= 0.6 is 0 Å². The number of likely N-dealkylation sites (N-methyl/N-ethyl adjacent to an activating group) is 1. The Morgan fingerprint density at radius 1 is 1.56 bits per heavy atom. The molecule has 1 rings (SSSR count). The van der Waals surface area contributed by atoms with Crippen LogP contribution in [0.15, 0.2) is 18.2 Å². The minimum absolute atomic E-state index is 0.0306. The lowest BCUT2D eigenvalue weighted by Gasteiger charge is -2.24. The van der Waals surface area contributed by atoms with Gasteiger partial charge in [0.05, 0.1) is 0 Å². The Labute approximate surface area is 95.0 Å². The minimum Gasteiger partial charge on any atom is -0.338 e. The van der Waals surface area contributed by atoms with Gasteiger partial charge < -0.3 is 10.6 Å². The van der Waals surface area contributed by atoms with Crippen molar-refractivity contribution in [3.63, 3.8) is 0 Å². The molecule has 4 heteroatoms. The fraction of sp³-hybridized carbons (Fsp3) is 0.417. The molecule has 3 nitrogen and oxygen atoms in total. The smallest absolute Gasteiger partial charge is 0.254 e.